The summed E-state index contributed by atoms with van der Waals surface area (Å²) in [5.41, 5.74) is 2.89. The van der Waals surface area contributed by atoms with Crippen LogP contribution in [0.1, 0.15) is 32.2 Å². The van der Waals surface area contributed by atoms with Gasteiger partial charge in [0.1, 0.15) is 10.7 Å². The van der Waals surface area contributed by atoms with E-state index in [4.69, 9.17) is 11.6 Å². The van der Waals surface area contributed by atoms with Crippen molar-refractivity contribution < 1.29 is 4.79 Å². The Balaban J connectivity index is 2.02. The summed E-state index contributed by atoms with van der Waals surface area (Å²) in [6, 6.07) is 3.76. The Kier molecular flexibility index (Phi) is 5.37. The summed E-state index contributed by atoms with van der Waals surface area (Å²) in [6.07, 6.45) is 0. The van der Waals surface area contributed by atoms with Gasteiger partial charge in [0.05, 0.1) is 27.5 Å². The Morgan fingerprint density at radius 1 is 1.30 bits per heavy atom. The number of hydrogen-bond donors (Lipinski definition) is 2. The zero-order chi connectivity index (χ0) is 19.9. The van der Waals surface area contributed by atoms with Crippen LogP contribution in [0.2, 0.25) is 5.02 Å². The topological polar surface area (TPSA) is 78.1 Å². The van der Waals surface area contributed by atoms with Crippen molar-refractivity contribution in [3.63, 3.8) is 0 Å². The van der Waals surface area contributed by atoms with Crippen molar-refractivity contribution in [1.29, 1.82) is 0 Å². The molecule has 8 heteroatoms. The summed E-state index contributed by atoms with van der Waals surface area (Å²) in [5.74, 6) is 0.279. The predicted molar refractivity (Wildman–Crippen MR) is 111 cm³/mol. The number of benzene rings is 1. The number of nitrogens with zero attached hydrogens (tertiary/aromatic N) is 2. The second-order valence-corrected chi connectivity index (χ2v) is 8.29. The van der Waals surface area contributed by atoms with Gasteiger partial charge in [-0.1, -0.05) is 17.7 Å². The quantitative estimate of drug-likeness (QED) is 0.691. The predicted octanol–water partition coefficient (Wildman–Crippen LogP) is 3.88. The van der Waals surface area contributed by atoms with Gasteiger partial charge in [0.15, 0.2) is 0 Å². The molecule has 1 aromatic carbocycles. The number of hydrogen-bond acceptors (Lipinski definition) is 5. The second kappa shape index (κ2) is 7.42. The maximum absolute atomic E-state index is 12.9. The third kappa shape index (κ3) is 3.90. The van der Waals surface area contributed by atoms with Gasteiger partial charge < -0.3 is 15.2 Å². The third-order valence-electron chi connectivity index (χ3n) is 4.19. The molecule has 0 saturated heterocycles. The number of nitrogens with one attached hydrogen (secondary N) is 2. The Bertz CT molecular complexity index is 1080. The number of halogens is 1. The van der Waals surface area contributed by atoms with Crippen LogP contribution in [-0.2, 0) is 6.54 Å². The van der Waals surface area contributed by atoms with Crippen molar-refractivity contribution in [3.05, 3.63) is 54.9 Å². The number of rotatable bonds is 4. The maximum atomic E-state index is 12.9. The molecule has 0 aliphatic carbocycles. The maximum Gasteiger partial charge on any atom is 0.266 e. The molecule has 0 spiro atoms. The van der Waals surface area contributed by atoms with E-state index < -0.39 is 0 Å². The number of H-pyrrole nitrogens is 1. The molecule has 3 aromatic rings. The van der Waals surface area contributed by atoms with Crippen molar-refractivity contribution in [2.75, 3.05) is 19.4 Å². The van der Waals surface area contributed by atoms with E-state index >= 15 is 0 Å². The third-order valence-corrected chi connectivity index (χ3v) is 5.67. The number of carbonyl (C=O) groups is 1. The van der Waals surface area contributed by atoms with E-state index in [-0.39, 0.29) is 11.5 Å². The number of carbonyl (C=O) groups excluding carboxylic acids is 1. The van der Waals surface area contributed by atoms with Crippen LogP contribution < -0.4 is 10.9 Å². The number of thiophene rings is 1. The highest BCUT2D eigenvalue weighted by Gasteiger charge is 2.21. The highest BCUT2D eigenvalue weighted by Crippen LogP contribution is 2.31. The van der Waals surface area contributed by atoms with Crippen molar-refractivity contribution in [2.45, 2.75) is 27.3 Å². The molecule has 2 aromatic heterocycles. The van der Waals surface area contributed by atoms with Gasteiger partial charge in [0, 0.05) is 0 Å². The first-order chi connectivity index (χ1) is 12.7. The largest absolute Gasteiger partial charge is 0.320 e. The van der Waals surface area contributed by atoms with Crippen molar-refractivity contribution >= 4 is 44.7 Å². The van der Waals surface area contributed by atoms with E-state index in [2.05, 4.69) is 15.3 Å². The van der Waals surface area contributed by atoms with Crippen LogP contribution in [0.3, 0.4) is 0 Å². The zero-order valence-electron chi connectivity index (χ0n) is 15.9. The molecular weight excluding hydrogens is 384 g/mol. The number of anilines is 1. The van der Waals surface area contributed by atoms with Gasteiger partial charge in [-0.15, -0.1) is 11.3 Å². The lowest BCUT2D eigenvalue weighted by Gasteiger charge is -2.11. The molecular formula is C19H21ClN4O2S. The Hall–Kier alpha value is -2.22. The lowest BCUT2D eigenvalue weighted by atomic mass is 10.1. The first-order valence-electron chi connectivity index (χ1n) is 8.42. The molecule has 0 bridgehead atoms. The van der Waals surface area contributed by atoms with Gasteiger partial charge in [-0.25, -0.2) is 4.98 Å². The normalized spacial score (nSPS) is 11.4. The van der Waals surface area contributed by atoms with Crippen molar-refractivity contribution in [2.24, 2.45) is 0 Å². The molecule has 142 valence electrons. The minimum absolute atomic E-state index is 0.228. The van der Waals surface area contributed by atoms with E-state index in [1.807, 2.05) is 45.0 Å². The molecule has 3 rings (SSSR count). The van der Waals surface area contributed by atoms with Gasteiger partial charge in [-0.3, -0.25) is 9.59 Å². The van der Waals surface area contributed by atoms with Gasteiger partial charge in [0.2, 0.25) is 0 Å². The molecule has 0 aliphatic rings. The van der Waals surface area contributed by atoms with Crippen LogP contribution in [0.5, 0.6) is 0 Å². The summed E-state index contributed by atoms with van der Waals surface area (Å²) in [7, 11) is 3.80. The molecule has 2 heterocycles. The molecule has 0 unspecified atom stereocenters. The van der Waals surface area contributed by atoms with Crippen LogP contribution in [-0.4, -0.2) is 34.9 Å². The van der Waals surface area contributed by atoms with E-state index in [9.17, 15) is 9.59 Å². The molecule has 2 N–H and O–H groups in total. The first-order valence-corrected chi connectivity index (χ1v) is 9.62. The van der Waals surface area contributed by atoms with Crippen molar-refractivity contribution in [3.8, 4) is 0 Å². The molecule has 6 nitrogen and oxygen atoms in total. The summed E-state index contributed by atoms with van der Waals surface area (Å²) in [5, 5.41) is 3.83. The van der Waals surface area contributed by atoms with Gasteiger partial charge in [0.25, 0.3) is 11.5 Å². The Labute approximate surface area is 166 Å². The fourth-order valence-corrected chi connectivity index (χ4v) is 4.49. The molecule has 0 aliphatic heterocycles. The summed E-state index contributed by atoms with van der Waals surface area (Å²) in [6.45, 7) is 6.12. The standard InChI is InChI=1S/C19H21ClN4O2S/c1-9-6-10(2)15(12(20)7-9)23-18(26)16-11(3)14-17(25)21-13(8-24(4)5)22-19(14)27-16/h6-7H,8H2,1-5H3,(H,23,26)(H,21,22,25). The van der Waals surface area contributed by atoms with Gasteiger partial charge in [-0.05, 0) is 57.6 Å². The summed E-state index contributed by atoms with van der Waals surface area (Å²) >= 11 is 7.51. The van der Waals surface area contributed by atoms with Crippen LogP contribution in [0, 0.1) is 20.8 Å². The van der Waals surface area contributed by atoms with Gasteiger partial charge in [-0.2, -0.15) is 0 Å². The van der Waals surface area contributed by atoms with Crippen LogP contribution >= 0.6 is 22.9 Å². The Morgan fingerprint density at radius 3 is 2.63 bits per heavy atom. The summed E-state index contributed by atoms with van der Waals surface area (Å²) in [4.78, 5) is 35.6. The summed E-state index contributed by atoms with van der Waals surface area (Å²) < 4.78 is 0. The molecule has 0 saturated carbocycles. The van der Waals surface area contributed by atoms with E-state index in [0.29, 0.717) is 43.7 Å². The molecule has 0 atom stereocenters. The molecule has 27 heavy (non-hydrogen) atoms. The highest BCUT2D eigenvalue weighted by molar-refractivity contribution is 7.20. The highest BCUT2D eigenvalue weighted by atomic mass is 35.5. The van der Waals surface area contributed by atoms with E-state index in [1.54, 1.807) is 6.92 Å². The fraction of sp³-hybridized carbons (Fsp3) is 0.316. The average molecular weight is 405 g/mol. The van der Waals surface area contributed by atoms with Crippen LogP contribution in [0.4, 0.5) is 5.69 Å². The molecule has 1 amide bonds. The monoisotopic (exact) mass is 404 g/mol. The number of aromatic nitrogens is 2. The lowest BCUT2D eigenvalue weighted by molar-refractivity contribution is 0.103. The smallest absolute Gasteiger partial charge is 0.266 e. The van der Waals surface area contributed by atoms with Gasteiger partial charge >= 0.3 is 0 Å². The zero-order valence-corrected chi connectivity index (χ0v) is 17.4. The number of amides is 1. The number of aryl methyl sites for hydroxylation is 3. The van der Waals surface area contributed by atoms with Crippen molar-refractivity contribution in [1.82, 2.24) is 14.9 Å². The first kappa shape index (κ1) is 19.5. The van der Waals surface area contributed by atoms with Crippen LogP contribution in [0.25, 0.3) is 10.2 Å². The number of aromatic amines is 1. The number of fused-ring (bicyclic) bond motifs is 1. The SMILES string of the molecule is Cc1cc(C)c(NC(=O)c2sc3nc(CN(C)C)[nH]c(=O)c3c2C)c(Cl)c1. The van der Waals surface area contributed by atoms with Crippen LogP contribution in [0.15, 0.2) is 16.9 Å². The van der Waals surface area contributed by atoms with E-state index in [0.717, 1.165) is 11.1 Å². The Morgan fingerprint density at radius 2 is 2.00 bits per heavy atom. The lowest BCUT2D eigenvalue weighted by Crippen LogP contribution is -2.18. The average Bonchev–Trinajstić information content (AvgIpc) is 2.87. The molecule has 0 radical (unpaired) electrons. The minimum atomic E-state index is -0.294. The minimum Gasteiger partial charge on any atom is -0.320 e. The van der Waals surface area contributed by atoms with E-state index in [1.165, 1.54) is 11.3 Å². The molecule has 0 fully saturated rings. The fourth-order valence-electron chi connectivity index (χ4n) is 3.02. The second-order valence-electron chi connectivity index (χ2n) is 6.88.